The van der Waals surface area contributed by atoms with E-state index in [2.05, 4.69) is 11.3 Å². The van der Waals surface area contributed by atoms with Gasteiger partial charge in [0.1, 0.15) is 86.5 Å². The van der Waals surface area contributed by atoms with Gasteiger partial charge in [-0.3, -0.25) is 9.59 Å². The van der Waals surface area contributed by atoms with Crippen LogP contribution in [0.15, 0.2) is 91.0 Å². The van der Waals surface area contributed by atoms with Crippen LogP contribution in [-0.4, -0.2) is 260 Å². The Balaban J connectivity index is 0.000000375. The van der Waals surface area contributed by atoms with Crippen molar-refractivity contribution in [3.63, 3.8) is 0 Å². The van der Waals surface area contributed by atoms with Crippen molar-refractivity contribution in [2.75, 3.05) is 53.4 Å². The Labute approximate surface area is 522 Å². The molecule has 4 aliphatic heterocycles. The van der Waals surface area contributed by atoms with Crippen molar-refractivity contribution in [1.82, 2.24) is 0 Å². The summed E-state index contributed by atoms with van der Waals surface area (Å²) in [6, 6.07) is 21.5. The van der Waals surface area contributed by atoms with Gasteiger partial charge < -0.3 is 118 Å². The van der Waals surface area contributed by atoms with E-state index in [-0.39, 0.29) is 35.7 Å². The molecule has 0 spiro atoms. The summed E-state index contributed by atoms with van der Waals surface area (Å²) in [6.45, 7) is 6.22. The highest BCUT2D eigenvalue weighted by Crippen LogP contribution is 2.42. The van der Waals surface area contributed by atoms with Crippen LogP contribution in [0.4, 0.5) is 0 Å². The number of hydrogen-bond donors (Lipinski definition) is 12. The number of aliphatic hydroxyl groups excluding tert-OH is 12. The third-order valence-corrected chi connectivity index (χ3v) is 14.6. The predicted molar refractivity (Wildman–Crippen MR) is 306 cm³/mol. The van der Waals surface area contributed by atoms with E-state index in [1.807, 2.05) is 37.3 Å². The molecule has 0 bridgehead atoms. The lowest BCUT2D eigenvalue weighted by Gasteiger charge is -2.43. The highest BCUT2D eigenvalue weighted by Gasteiger charge is 2.64. The van der Waals surface area contributed by atoms with Gasteiger partial charge in [-0.05, 0) is 49.1 Å². The average molecular weight is 1300 g/mol. The molecule has 0 saturated carbocycles. The predicted octanol–water partition coefficient (Wildman–Crippen LogP) is -2.00. The van der Waals surface area contributed by atoms with Gasteiger partial charge in [-0.2, -0.15) is 0 Å². The third-order valence-electron chi connectivity index (χ3n) is 14.6. The van der Waals surface area contributed by atoms with E-state index in [9.17, 15) is 90.0 Å². The fraction of sp³-hybridized carbons (Fsp3) is 0.574. The molecule has 0 unspecified atom stereocenters. The number of esters is 6. The number of hydrogen-bond acceptors (Lipinski definition) is 30. The van der Waals surface area contributed by atoms with Gasteiger partial charge in [-0.25, -0.2) is 19.2 Å². The largest absolute Gasteiger partial charge is 0.466 e. The number of rotatable bonds is 24. The van der Waals surface area contributed by atoms with Crippen LogP contribution in [0.2, 0.25) is 0 Å². The molecule has 30 nitrogen and oxygen atoms in total. The van der Waals surface area contributed by atoms with Gasteiger partial charge in [-0.1, -0.05) is 94.4 Å². The molecule has 12 N–H and O–H groups in total. The Kier molecular flexibility index (Phi) is 28.9. The Morgan fingerprint density at radius 3 is 1.59 bits per heavy atom. The van der Waals surface area contributed by atoms with Gasteiger partial charge in [0.05, 0.1) is 62.8 Å². The van der Waals surface area contributed by atoms with Gasteiger partial charge in [0.2, 0.25) is 11.6 Å². The van der Waals surface area contributed by atoms with E-state index >= 15 is 0 Å². The molecule has 0 radical (unpaired) electrons. The van der Waals surface area contributed by atoms with E-state index in [0.29, 0.717) is 17.6 Å². The summed E-state index contributed by atoms with van der Waals surface area (Å²) >= 11 is 0. The zero-order valence-corrected chi connectivity index (χ0v) is 50.8. The van der Waals surface area contributed by atoms with E-state index in [4.69, 9.17) is 52.1 Å². The summed E-state index contributed by atoms with van der Waals surface area (Å²) in [4.78, 5) is 76.1. The molecular formula is C61H82O30. The Bertz CT molecular complexity index is 2840. The van der Waals surface area contributed by atoms with Crippen LogP contribution in [0, 0.1) is 5.92 Å². The first-order valence-electron chi connectivity index (χ1n) is 28.9. The first-order valence-corrected chi connectivity index (χ1v) is 28.9. The maximum Gasteiger partial charge on any atom is 0.339 e. The van der Waals surface area contributed by atoms with Crippen LogP contribution in [0.3, 0.4) is 0 Å². The van der Waals surface area contributed by atoms with E-state index < -0.39 is 185 Å². The minimum Gasteiger partial charge on any atom is -0.466 e. The molecular weight excluding hydrogens is 1210 g/mol. The Morgan fingerprint density at radius 2 is 1.11 bits per heavy atom. The monoisotopic (exact) mass is 1290 g/mol. The second kappa shape index (κ2) is 35.0. The maximum atomic E-state index is 14.6. The molecule has 4 aliphatic rings. The van der Waals surface area contributed by atoms with Crippen LogP contribution in [0.5, 0.6) is 0 Å². The Hall–Kier alpha value is -6.50. The molecule has 30 heteroatoms. The van der Waals surface area contributed by atoms with Gasteiger partial charge in [0.15, 0.2) is 24.8 Å². The lowest BCUT2D eigenvalue weighted by atomic mass is 9.95. The summed E-state index contributed by atoms with van der Waals surface area (Å²) in [5.74, 6) is -10.4. The smallest absolute Gasteiger partial charge is 0.339 e. The SMILES string of the molecule is C=C(C)C(=O)OC.CC(=O)OC[C@@]1(O[C@H]2O[C@H](CO)[C@@H](O)[C@H](O)[C@H]2O)O[C@H](CO)[C@@H](O)[C@@H]1O.CCCCOC(=O)c1cccc(Cc2ccccc2)c1C(=O)O[C@@H]1[C@@H](CO)O[C@@](COC(=O)c2ccccc2)(O[C@H]2O[C@H](CO)[C@@H](O)[C@H](O)[C@H]2O)[C@H]1OC(=O)C(C)C. The van der Waals surface area contributed by atoms with Crippen LogP contribution in [0.1, 0.15) is 89.7 Å². The maximum absolute atomic E-state index is 14.6. The summed E-state index contributed by atoms with van der Waals surface area (Å²) in [7, 11) is 1.33. The fourth-order valence-corrected chi connectivity index (χ4v) is 9.50. The lowest BCUT2D eigenvalue weighted by Crippen LogP contribution is -2.63. The van der Waals surface area contributed by atoms with E-state index in [1.54, 1.807) is 37.3 Å². The number of benzene rings is 3. The second-order valence-electron chi connectivity index (χ2n) is 21.7. The molecule has 4 heterocycles. The summed E-state index contributed by atoms with van der Waals surface area (Å²) < 4.78 is 65.9. The average Bonchev–Trinajstić information content (AvgIpc) is 1.64. The van der Waals surface area contributed by atoms with Crippen LogP contribution < -0.4 is 0 Å². The van der Waals surface area contributed by atoms with Crippen molar-refractivity contribution in [2.24, 2.45) is 5.92 Å². The Morgan fingerprint density at radius 1 is 0.582 bits per heavy atom. The highest BCUT2D eigenvalue weighted by atomic mass is 16.8. The zero-order chi connectivity index (χ0) is 67.5. The quantitative estimate of drug-likeness (QED) is 0.0200. The number of ether oxygens (including phenoxy) is 12. The topological polar surface area (TPSA) is 456 Å². The molecule has 0 amide bonds. The number of methoxy groups -OCH3 is 1. The van der Waals surface area contributed by atoms with E-state index in [1.165, 1.54) is 39.2 Å². The normalized spacial score (nSPS) is 30.9. The third kappa shape index (κ3) is 19.1. The minimum atomic E-state index is -2.56. The highest BCUT2D eigenvalue weighted by molar-refractivity contribution is 6.04. The van der Waals surface area contributed by atoms with Crippen LogP contribution in [-0.2, 0) is 77.6 Å². The first-order chi connectivity index (χ1) is 43.2. The van der Waals surface area contributed by atoms with Crippen molar-refractivity contribution in [2.45, 2.75) is 163 Å². The van der Waals surface area contributed by atoms with Gasteiger partial charge in [-0.15, -0.1) is 0 Å². The molecule has 0 aromatic heterocycles. The fourth-order valence-electron chi connectivity index (χ4n) is 9.50. The molecule has 3 aromatic rings. The van der Waals surface area contributed by atoms with Crippen molar-refractivity contribution >= 4 is 35.8 Å². The number of aliphatic hydroxyl groups is 12. The molecule has 4 fully saturated rings. The molecule has 506 valence electrons. The van der Waals surface area contributed by atoms with Crippen molar-refractivity contribution in [3.05, 3.63) is 119 Å². The summed E-state index contributed by atoms with van der Waals surface area (Å²) in [5, 5.41) is 121. The summed E-state index contributed by atoms with van der Waals surface area (Å²) in [6.07, 6.45) is -25.9. The molecule has 91 heavy (non-hydrogen) atoms. The molecule has 0 aliphatic carbocycles. The first kappa shape index (κ1) is 75.2. The van der Waals surface area contributed by atoms with Crippen molar-refractivity contribution < 1.29 is 147 Å². The van der Waals surface area contributed by atoms with Crippen LogP contribution in [0.25, 0.3) is 0 Å². The van der Waals surface area contributed by atoms with Crippen LogP contribution >= 0.6 is 0 Å². The molecule has 3 aromatic carbocycles. The van der Waals surface area contributed by atoms with Gasteiger partial charge in [0.25, 0.3) is 0 Å². The second-order valence-corrected chi connectivity index (χ2v) is 21.7. The molecule has 7 rings (SSSR count). The van der Waals surface area contributed by atoms with Gasteiger partial charge >= 0.3 is 35.8 Å². The summed E-state index contributed by atoms with van der Waals surface area (Å²) in [5.41, 5.74) is 1.39. The molecule has 18 atom stereocenters. The lowest BCUT2D eigenvalue weighted by molar-refractivity contribution is -0.383. The number of unbranched alkanes of at least 4 members (excludes halogenated alkanes) is 1. The zero-order valence-electron chi connectivity index (χ0n) is 50.8. The standard InChI is InChI=1S/C42H50O16.C14H24O12.C5H8O2/c1-4-5-19-52-39(50)28-18-12-17-27(20-25-13-8-6-9-14-25)31(28)40(51)55-35-30(22-44)57-42(36(35)56-37(48)24(2)3,23-53-38(49)26-15-10-7-11-16-26)58-41-34(47)33(46)32(45)29(21-43)54-41;1-5(17)23-4-14(12(22)9(19)7(3-16)25-14)26-13-11(21)10(20)8(18)6(2-15)24-13;1-4(2)5(6)7-3/h6-18,24,29-30,32-36,41,43-47H,4-5,19-23H2,1-3H3;6-13,15-16,18-22H,2-4H2,1H3;1H2,2-3H3/t29-,30-,32-,33+,34-,35-,36+,41-,42+;6-,7-,8-,9-,10+,11-,12+,13-,14+;/m11./s1. The van der Waals surface area contributed by atoms with Crippen molar-refractivity contribution in [1.29, 1.82) is 0 Å². The molecule has 4 saturated heterocycles. The number of carbonyl (C=O) groups is 6. The van der Waals surface area contributed by atoms with E-state index in [0.717, 1.165) is 18.9 Å². The minimum absolute atomic E-state index is 0.0858. The van der Waals surface area contributed by atoms with Gasteiger partial charge in [0, 0.05) is 12.5 Å². The van der Waals surface area contributed by atoms with Crippen molar-refractivity contribution in [3.8, 4) is 0 Å². The number of carbonyl (C=O) groups excluding carboxylic acids is 6.